The van der Waals surface area contributed by atoms with Gasteiger partial charge in [0.25, 0.3) is 5.69 Å². The summed E-state index contributed by atoms with van der Waals surface area (Å²) >= 11 is 0. The molecule has 1 amide bonds. The first kappa shape index (κ1) is 22.6. The van der Waals surface area contributed by atoms with E-state index >= 15 is 0 Å². The first-order valence-corrected chi connectivity index (χ1v) is 10.9. The zero-order valence-electron chi connectivity index (χ0n) is 19.2. The molecule has 2 bridgehead atoms. The highest BCUT2D eigenvalue weighted by atomic mass is 16.7. The molecule has 1 N–H and O–H groups in total. The molecule has 2 aliphatic rings. The second kappa shape index (κ2) is 7.79. The summed E-state index contributed by atoms with van der Waals surface area (Å²) in [6.45, 7) is 8.21. The van der Waals surface area contributed by atoms with Gasteiger partial charge < -0.3 is 10.2 Å². The van der Waals surface area contributed by atoms with Crippen molar-refractivity contribution >= 4 is 29.0 Å². The van der Waals surface area contributed by atoms with Gasteiger partial charge in [0.15, 0.2) is 0 Å². The Morgan fingerprint density at radius 1 is 1.09 bits per heavy atom. The zero-order chi connectivity index (χ0) is 24.0. The maximum atomic E-state index is 13.5. The molecule has 0 heterocycles. The first-order chi connectivity index (χ1) is 15.5. The van der Waals surface area contributed by atoms with Crippen LogP contribution in [-0.4, -0.2) is 22.5 Å². The minimum absolute atomic E-state index is 0.0475. The van der Waals surface area contributed by atoms with Crippen LogP contribution in [0.2, 0.25) is 0 Å². The van der Waals surface area contributed by atoms with Gasteiger partial charge in [-0.05, 0) is 55.0 Å². The summed E-state index contributed by atoms with van der Waals surface area (Å²) in [5, 5.41) is 18.1. The molecule has 2 aromatic rings. The predicted octanol–water partition coefficient (Wildman–Crippen LogP) is 5.27. The van der Waals surface area contributed by atoms with Gasteiger partial charge in [0.2, 0.25) is 5.91 Å². The minimum Gasteiger partial charge on any atom is -0.326 e. The number of anilines is 1. The molecule has 0 spiro atoms. The number of carbonyl (C=O) groups is 2. The third-order valence-electron chi connectivity index (χ3n) is 8.00. The lowest BCUT2D eigenvalue weighted by molar-refractivity contribution is -0.384. The third-order valence-corrected chi connectivity index (χ3v) is 8.00. The smallest absolute Gasteiger partial charge is 0.326 e. The maximum Gasteiger partial charge on any atom is 0.365 e. The van der Waals surface area contributed by atoms with Crippen LogP contribution in [0.5, 0.6) is 0 Å². The summed E-state index contributed by atoms with van der Waals surface area (Å²) < 4.78 is 0. The lowest BCUT2D eigenvalue weighted by atomic mass is 9.64. The molecule has 0 radical (unpaired) electrons. The van der Waals surface area contributed by atoms with Crippen LogP contribution >= 0.6 is 0 Å². The number of nitrogens with one attached hydrogen (secondary N) is 1. The number of carbonyl (C=O) groups excluding carboxylic acids is 2. The Bertz CT molecular complexity index is 1170. The highest BCUT2D eigenvalue weighted by molar-refractivity contribution is 6.06. The molecule has 2 aromatic carbocycles. The number of rotatable bonds is 5. The zero-order valence-corrected chi connectivity index (χ0v) is 19.2. The number of non-ortho nitro benzene ring substituents is 1. The second-order valence-corrected chi connectivity index (χ2v) is 9.76. The fourth-order valence-corrected chi connectivity index (χ4v) is 5.36. The number of nitro benzene ring substituents is 1. The van der Waals surface area contributed by atoms with Crippen molar-refractivity contribution in [2.45, 2.75) is 47.0 Å². The topological polar surface area (TPSA) is 111 Å². The summed E-state index contributed by atoms with van der Waals surface area (Å²) in [6.07, 6.45) is 1.89. The molecule has 4 rings (SSSR count). The Morgan fingerprint density at radius 2 is 1.79 bits per heavy atom. The van der Waals surface area contributed by atoms with Gasteiger partial charge in [-0.2, -0.15) is 0 Å². The quantitative estimate of drug-likeness (QED) is 0.380. The highest BCUT2D eigenvalue weighted by Gasteiger charge is 2.71. The number of benzene rings is 2. The number of fused-ring (bicyclic) bond motifs is 2. The van der Waals surface area contributed by atoms with Crippen molar-refractivity contribution in [3.05, 3.63) is 69.8 Å². The lowest BCUT2D eigenvalue weighted by Gasteiger charge is -2.39. The number of amides is 1. The van der Waals surface area contributed by atoms with Crippen LogP contribution in [0.3, 0.4) is 0 Å². The molecule has 8 nitrogen and oxygen atoms in total. The molecule has 0 aromatic heterocycles. The molecule has 8 heteroatoms. The average molecular weight is 450 g/mol. The molecule has 2 saturated carbocycles. The van der Waals surface area contributed by atoms with Crippen LogP contribution in [0.1, 0.15) is 56.0 Å². The van der Waals surface area contributed by atoms with Crippen LogP contribution in [0.15, 0.2) is 53.7 Å². The summed E-state index contributed by atoms with van der Waals surface area (Å²) in [7, 11) is 0. The summed E-state index contributed by atoms with van der Waals surface area (Å²) in [5.74, 6) is -0.742. The monoisotopic (exact) mass is 449 g/mol. The van der Waals surface area contributed by atoms with E-state index in [0.717, 1.165) is 24.1 Å². The van der Waals surface area contributed by atoms with E-state index < -0.39 is 27.1 Å². The first-order valence-electron chi connectivity index (χ1n) is 10.9. The Hall–Kier alpha value is -3.55. The standard InChI is InChI=1S/C25H27N3O5/c1-16-6-5-7-18(14-16)26-22(30)25-13-12-24(4,23(25,2)3)20(15-25)27-33-21(29)17-8-10-19(11-9-17)28(31)32/h5-11,14H,12-13,15H2,1-4H3,(H,26,30)/b27-20+. The Balaban J connectivity index is 1.56. The normalized spacial score (nSPS) is 26.2. The van der Waals surface area contributed by atoms with Crippen molar-refractivity contribution in [3.63, 3.8) is 0 Å². The number of hydrogen-bond acceptors (Lipinski definition) is 6. The second-order valence-electron chi connectivity index (χ2n) is 9.76. The van der Waals surface area contributed by atoms with Crippen molar-refractivity contribution in [1.29, 1.82) is 0 Å². The lowest BCUT2D eigenvalue weighted by Crippen LogP contribution is -2.43. The Kier molecular flexibility index (Phi) is 5.35. The molecule has 2 unspecified atom stereocenters. The number of hydrogen-bond donors (Lipinski definition) is 1. The van der Waals surface area contributed by atoms with E-state index in [1.165, 1.54) is 24.3 Å². The molecule has 33 heavy (non-hydrogen) atoms. The molecule has 172 valence electrons. The number of nitrogens with zero attached hydrogens (tertiary/aromatic N) is 2. The van der Waals surface area contributed by atoms with Gasteiger partial charge in [-0.15, -0.1) is 0 Å². The maximum absolute atomic E-state index is 13.5. The van der Waals surface area contributed by atoms with Crippen molar-refractivity contribution < 1.29 is 19.3 Å². The fourth-order valence-electron chi connectivity index (χ4n) is 5.36. The van der Waals surface area contributed by atoms with Crippen LogP contribution in [0.25, 0.3) is 0 Å². The van der Waals surface area contributed by atoms with Gasteiger partial charge in [0.1, 0.15) is 0 Å². The van der Waals surface area contributed by atoms with Gasteiger partial charge in [-0.3, -0.25) is 14.9 Å². The Labute approximate surface area is 192 Å². The largest absolute Gasteiger partial charge is 0.365 e. The SMILES string of the molecule is Cc1cccc(NC(=O)C23CCC(C)(/C(=N/OC(=O)c4ccc([N+](=O)[O-])cc4)C2)C3(C)C)c1. The molecule has 0 saturated heterocycles. The van der Waals surface area contributed by atoms with Gasteiger partial charge in [0, 0.05) is 29.7 Å². The third kappa shape index (κ3) is 3.50. The minimum atomic E-state index is -0.695. The van der Waals surface area contributed by atoms with Crippen LogP contribution in [0.4, 0.5) is 11.4 Å². The summed E-state index contributed by atoms with van der Waals surface area (Å²) in [5.41, 5.74) is 1.12. The highest BCUT2D eigenvalue weighted by Crippen LogP contribution is 2.71. The number of aryl methyl sites for hydroxylation is 1. The van der Waals surface area contributed by atoms with E-state index in [4.69, 9.17) is 4.84 Å². The van der Waals surface area contributed by atoms with Crippen molar-refractivity contribution in [3.8, 4) is 0 Å². The van der Waals surface area contributed by atoms with Crippen molar-refractivity contribution in [2.24, 2.45) is 21.4 Å². The number of oxime groups is 1. The van der Waals surface area contributed by atoms with E-state index in [2.05, 4.69) is 31.2 Å². The molecular formula is C25H27N3O5. The van der Waals surface area contributed by atoms with Crippen LogP contribution in [-0.2, 0) is 9.63 Å². The molecule has 2 fully saturated rings. The summed E-state index contributed by atoms with van der Waals surface area (Å²) in [4.78, 5) is 41.5. The molecular weight excluding hydrogens is 422 g/mol. The van der Waals surface area contributed by atoms with E-state index in [-0.39, 0.29) is 17.2 Å². The van der Waals surface area contributed by atoms with Crippen LogP contribution < -0.4 is 5.32 Å². The van der Waals surface area contributed by atoms with Gasteiger partial charge in [-0.25, -0.2) is 4.79 Å². The molecule has 0 aliphatic heterocycles. The predicted molar refractivity (Wildman–Crippen MR) is 124 cm³/mol. The number of nitro groups is 1. The van der Waals surface area contributed by atoms with Gasteiger partial charge in [-0.1, -0.05) is 38.1 Å². The van der Waals surface area contributed by atoms with Crippen molar-refractivity contribution in [1.82, 2.24) is 0 Å². The molecule has 2 atom stereocenters. The van der Waals surface area contributed by atoms with Crippen molar-refractivity contribution in [2.75, 3.05) is 5.32 Å². The van der Waals surface area contributed by atoms with E-state index in [0.29, 0.717) is 12.1 Å². The molecule has 2 aliphatic carbocycles. The van der Waals surface area contributed by atoms with E-state index in [9.17, 15) is 19.7 Å². The van der Waals surface area contributed by atoms with Gasteiger partial charge >= 0.3 is 5.97 Å². The van der Waals surface area contributed by atoms with E-state index in [1.807, 2.05) is 31.2 Å². The van der Waals surface area contributed by atoms with E-state index in [1.54, 1.807) is 0 Å². The average Bonchev–Trinajstić information content (AvgIpc) is 3.08. The van der Waals surface area contributed by atoms with Crippen LogP contribution in [0, 0.1) is 33.3 Å². The van der Waals surface area contributed by atoms with Gasteiger partial charge in [0.05, 0.1) is 21.6 Å². The Morgan fingerprint density at radius 3 is 2.42 bits per heavy atom. The fraction of sp³-hybridized carbons (Fsp3) is 0.400. The summed E-state index contributed by atoms with van der Waals surface area (Å²) in [6, 6.07) is 12.9.